The molecule has 1 N–H and O–H groups in total. The van der Waals surface area contributed by atoms with Crippen molar-refractivity contribution in [3.05, 3.63) is 65.2 Å². The summed E-state index contributed by atoms with van der Waals surface area (Å²) in [5.74, 6) is -0.970. The van der Waals surface area contributed by atoms with Crippen molar-refractivity contribution in [1.29, 1.82) is 0 Å². The summed E-state index contributed by atoms with van der Waals surface area (Å²) >= 11 is 0. The number of hydrogen-bond donors (Lipinski definition) is 1. The highest BCUT2D eigenvalue weighted by atomic mass is 16.4. The van der Waals surface area contributed by atoms with Crippen molar-refractivity contribution in [1.82, 2.24) is 0 Å². The van der Waals surface area contributed by atoms with Crippen LogP contribution in [0.2, 0.25) is 0 Å². The van der Waals surface area contributed by atoms with Gasteiger partial charge in [-0.1, -0.05) is 36.4 Å². The Morgan fingerprint density at radius 1 is 1.10 bits per heavy atom. The minimum absolute atomic E-state index is 0.00230. The summed E-state index contributed by atoms with van der Waals surface area (Å²) in [6.45, 7) is 0.615. The van der Waals surface area contributed by atoms with E-state index in [9.17, 15) is 9.59 Å². The maximum Gasteiger partial charge on any atom is 0.335 e. The van der Waals surface area contributed by atoms with Gasteiger partial charge in [0, 0.05) is 12.2 Å². The number of aromatic carboxylic acids is 1. The molecule has 0 aliphatic carbocycles. The molecule has 21 heavy (non-hydrogen) atoms. The Labute approximate surface area is 122 Å². The van der Waals surface area contributed by atoms with E-state index in [0.29, 0.717) is 13.0 Å². The van der Waals surface area contributed by atoms with Crippen molar-refractivity contribution < 1.29 is 14.7 Å². The van der Waals surface area contributed by atoms with Gasteiger partial charge in [-0.15, -0.1) is 0 Å². The number of hydrogen-bond acceptors (Lipinski definition) is 2. The van der Waals surface area contributed by atoms with Crippen LogP contribution in [0.15, 0.2) is 48.5 Å². The maximum atomic E-state index is 12.4. The van der Waals surface area contributed by atoms with Crippen LogP contribution in [0, 0.1) is 0 Å². The minimum Gasteiger partial charge on any atom is -0.478 e. The maximum absolute atomic E-state index is 12.4. The van der Waals surface area contributed by atoms with Crippen molar-refractivity contribution >= 4 is 17.6 Å². The molecule has 0 saturated heterocycles. The molecule has 0 atom stereocenters. The minimum atomic E-state index is -0.972. The molecule has 1 heterocycles. The Morgan fingerprint density at radius 2 is 1.86 bits per heavy atom. The lowest BCUT2D eigenvalue weighted by molar-refractivity contribution is -0.117. The van der Waals surface area contributed by atoms with Crippen molar-refractivity contribution in [2.24, 2.45) is 0 Å². The van der Waals surface area contributed by atoms with Crippen LogP contribution in [0.4, 0.5) is 5.69 Å². The zero-order valence-electron chi connectivity index (χ0n) is 11.5. The Kier molecular flexibility index (Phi) is 3.44. The number of benzene rings is 2. The second-order valence-corrected chi connectivity index (χ2v) is 5.11. The fraction of sp³-hybridized carbons (Fsp3) is 0.176. The summed E-state index contributed by atoms with van der Waals surface area (Å²) in [5, 5.41) is 9.07. The van der Waals surface area contributed by atoms with Gasteiger partial charge in [0.05, 0.1) is 12.0 Å². The third-order valence-corrected chi connectivity index (χ3v) is 3.73. The molecule has 2 aromatic rings. The molecule has 4 heteroatoms. The van der Waals surface area contributed by atoms with E-state index in [2.05, 4.69) is 0 Å². The lowest BCUT2D eigenvalue weighted by Gasteiger charge is -2.17. The Balaban J connectivity index is 1.84. The van der Waals surface area contributed by atoms with Gasteiger partial charge in [-0.25, -0.2) is 4.79 Å². The number of fused-ring (bicyclic) bond motifs is 1. The summed E-state index contributed by atoms with van der Waals surface area (Å²) in [6.07, 6.45) is 1.10. The van der Waals surface area contributed by atoms with Crippen molar-refractivity contribution in [3.63, 3.8) is 0 Å². The molecular formula is C17H15NO3. The highest BCUT2D eigenvalue weighted by Crippen LogP contribution is 2.29. The van der Waals surface area contributed by atoms with Crippen molar-refractivity contribution in [2.45, 2.75) is 12.8 Å². The zero-order valence-corrected chi connectivity index (χ0v) is 11.5. The predicted octanol–water partition coefficient (Wildman–Crippen LogP) is 2.52. The van der Waals surface area contributed by atoms with E-state index in [1.54, 1.807) is 23.1 Å². The molecule has 1 amide bonds. The molecule has 0 bridgehead atoms. The first-order valence-electron chi connectivity index (χ1n) is 6.85. The Morgan fingerprint density at radius 3 is 2.57 bits per heavy atom. The van der Waals surface area contributed by atoms with Gasteiger partial charge >= 0.3 is 5.97 Å². The number of amides is 1. The number of carbonyl (C=O) groups is 2. The fourth-order valence-electron chi connectivity index (χ4n) is 2.64. The smallest absolute Gasteiger partial charge is 0.335 e. The topological polar surface area (TPSA) is 57.6 Å². The van der Waals surface area contributed by atoms with Crippen molar-refractivity contribution in [2.75, 3.05) is 11.4 Å². The van der Waals surface area contributed by atoms with Gasteiger partial charge in [-0.05, 0) is 29.7 Å². The molecule has 1 aliphatic heterocycles. The van der Waals surface area contributed by atoms with Crippen LogP contribution in [-0.2, 0) is 17.6 Å². The summed E-state index contributed by atoms with van der Waals surface area (Å²) in [6, 6.07) is 14.5. The average molecular weight is 281 g/mol. The standard InChI is InChI=1S/C17H15NO3/c19-16(10-12-4-2-1-3-5-12)18-9-8-13-6-7-14(17(20)21)11-15(13)18/h1-7,11H,8-10H2,(H,20,21). The van der Waals surface area contributed by atoms with Gasteiger partial charge in [0.15, 0.2) is 0 Å². The Hall–Kier alpha value is -2.62. The van der Waals surface area contributed by atoms with Gasteiger partial charge in [-0.2, -0.15) is 0 Å². The summed E-state index contributed by atoms with van der Waals surface area (Å²) < 4.78 is 0. The number of nitrogens with zero attached hydrogens (tertiary/aromatic N) is 1. The molecule has 0 radical (unpaired) electrons. The van der Waals surface area contributed by atoms with Gasteiger partial charge in [0.25, 0.3) is 0 Å². The largest absolute Gasteiger partial charge is 0.478 e. The summed E-state index contributed by atoms with van der Waals surface area (Å²) in [4.78, 5) is 25.2. The molecule has 0 saturated carbocycles. The van der Waals surface area contributed by atoms with E-state index in [1.807, 2.05) is 30.3 Å². The fourth-order valence-corrected chi connectivity index (χ4v) is 2.64. The quantitative estimate of drug-likeness (QED) is 0.940. The lowest BCUT2D eigenvalue weighted by atomic mass is 10.1. The van der Waals surface area contributed by atoms with Gasteiger partial charge in [-0.3, -0.25) is 4.79 Å². The highest BCUT2D eigenvalue weighted by molar-refractivity contribution is 5.98. The van der Waals surface area contributed by atoms with Crippen molar-refractivity contribution in [3.8, 4) is 0 Å². The number of carboxylic acid groups (broad SMARTS) is 1. The molecule has 0 spiro atoms. The zero-order chi connectivity index (χ0) is 14.8. The summed E-state index contributed by atoms with van der Waals surface area (Å²) in [7, 11) is 0. The molecule has 0 fully saturated rings. The first-order valence-corrected chi connectivity index (χ1v) is 6.85. The van der Waals surface area contributed by atoms with E-state index < -0.39 is 5.97 Å². The molecule has 3 rings (SSSR count). The summed E-state index contributed by atoms with van der Waals surface area (Å²) in [5.41, 5.74) is 2.94. The third kappa shape index (κ3) is 2.65. The Bertz CT molecular complexity index is 694. The first kappa shape index (κ1) is 13.4. The van der Waals surface area contributed by atoms with Crippen LogP contribution < -0.4 is 4.90 Å². The lowest BCUT2D eigenvalue weighted by Crippen LogP contribution is -2.30. The van der Waals surface area contributed by atoms with Gasteiger partial charge < -0.3 is 10.0 Å². The van der Waals surface area contributed by atoms with E-state index in [1.165, 1.54) is 0 Å². The monoisotopic (exact) mass is 281 g/mol. The molecule has 0 aromatic heterocycles. The van der Waals surface area contributed by atoms with E-state index >= 15 is 0 Å². The SMILES string of the molecule is O=C(O)c1ccc2c(c1)N(C(=O)Cc1ccccc1)CC2. The third-order valence-electron chi connectivity index (χ3n) is 3.73. The normalized spacial score (nSPS) is 13.0. The molecule has 4 nitrogen and oxygen atoms in total. The van der Waals surface area contributed by atoms with Crippen LogP contribution in [0.1, 0.15) is 21.5 Å². The molecule has 2 aromatic carbocycles. The van der Waals surface area contributed by atoms with Crippen LogP contribution in [0.5, 0.6) is 0 Å². The van der Waals surface area contributed by atoms with Crippen LogP contribution >= 0.6 is 0 Å². The van der Waals surface area contributed by atoms with Crippen LogP contribution in [0.25, 0.3) is 0 Å². The van der Waals surface area contributed by atoms with Crippen LogP contribution in [0.3, 0.4) is 0 Å². The predicted molar refractivity (Wildman–Crippen MR) is 79.6 cm³/mol. The average Bonchev–Trinajstić information content (AvgIpc) is 2.91. The number of carbonyl (C=O) groups excluding carboxylic acids is 1. The number of anilines is 1. The molecule has 0 unspecified atom stereocenters. The molecular weight excluding hydrogens is 266 g/mol. The highest BCUT2D eigenvalue weighted by Gasteiger charge is 2.25. The van der Waals surface area contributed by atoms with E-state index in [0.717, 1.165) is 23.2 Å². The van der Waals surface area contributed by atoms with Crippen LogP contribution in [-0.4, -0.2) is 23.5 Å². The first-order chi connectivity index (χ1) is 10.1. The molecule has 1 aliphatic rings. The number of rotatable bonds is 3. The van der Waals surface area contributed by atoms with Gasteiger partial charge in [0.2, 0.25) is 5.91 Å². The number of carboxylic acids is 1. The molecule has 106 valence electrons. The second-order valence-electron chi connectivity index (χ2n) is 5.11. The van der Waals surface area contributed by atoms with E-state index in [4.69, 9.17) is 5.11 Å². The van der Waals surface area contributed by atoms with Gasteiger partial charge in [0.1, 0.15) is 0 Å². The second kappa shape index (κ2) is 5.40. The van der Waals surface area contributed by atoms with E-state index in [-0.39, 0.29) is 11.5 Å².